The highest BCUT2D eigenvalue weighted by molar-refractivity contribution is 5.75. The van der Waals surface area contributed by atoms with E-state index in [1.54, 1.807) is 0 Å². The Bertz CT molecular complexity index is 217. The molecule has 0 amide bonds. The van der Waals surface area contributed by atoms with E-state index in [9.17, 15) is 13.6 Å². The number of hydrogen-bond donors (Lipinski definition) is 1. The van der Waals surface area contributed by atoms with Crippen molar-refractivity contribution in [2.45, 2.75) is 37.6 Å². The van der Waals surface area contributed by atoms with Crippen LogP contribution in [0.25, 0.3) is 0 Å². The third kappa shape index (κ3) is 3.57. The predicted molar refractivity (Wildman–Crippen MR) is 46.9 cm³/mol. The lowest BCUT2D eigenvalue weighted by atomic mass is 10.0. The van der Waals surface area contributed by atoms with Gasteiger partial charge in [-0.15, -0.1) is 0 Å². The third-order valence-corrected chi connectivity index (χ3v) is 2.31. The van der Waals surface area contributed by atoms with E-state index in [0.29, 0.717) is 0 Å². The average molecular weight is 207 g/mol. The minimum atomic E-state index is -2.84. The van der Waals surface area contributed by atoms with Gasteiger partial charge in [0.2, 0.25) is 0 Å². The Balaban J connectivity index is 2.35. The lowest BCUT2D eigenvalue weighted by molar-refractivity contribution is -0.145. The molecular weight excluding hydrogens is 192 g/mol. The number of carbonyl (C=O) groups excluding carboxylic acids is 1. The van der Waals surface area contributed by atoms with Gasteiger partial charge >= 0.3 is 5.97 Å². The Morgan fingerprint density at radius 2 is 2.21 bits per heavy atom. The zero-order chi connectivity index (χ0) is 10.8. The summed E-state index contributed by atoms with van der Waals surface area (Å²) in [5.74, 6) is -3.50. The van der Waals surface area contributed by atoms with Crippen molar-refractivity contribution in [3.63, 3.8) is 0 Å². The first kappa shape index (κ1) is 11.4. The summed E-state index contributed by atoms with van der Waals surface area (Å²) < 4.78 is 30.6. The maximum absolute atomic E-state index is 13.2. The standard InChI is InChI=1S/C9H15F2NO2/c1-14-8(13)7(12)5-9(10,11)4-6-2-3-6/h6-7H,2-5,12H2,1H3. The van der Waals surface area contributed by atoms with Crippen molar-refractivity contribution in [2.75, 3.05) is 7.11 Å². The minimum absolute atomic E-state index is 0.120. The number of ether oxygens (including phenoxy) is 1. The molecule has 0 bridgehead atoms. The van der Waals surface area contributed by atoms with Crippen molar-refractivity contribution >= 4 is 5.97 Å². The van der Waals surface area contributed by atoms with Crippen LogP contribution in [-0.4, -0.2) is 25.0 Å². The molecule has 0 aromatic rings. The average Bonchev–Trinajstić information content (AvgIpc) is 2.84. The summed E-state index contributed by atoms with van der Waals surface area (Å²) >= 11 is 0. The number of halogens is 2. The van der Waals surface area contributed by atoms with Crippen LogP contribution in [-0.2, 0) is 9.53 Å². The fourth-order valence-electron chi connectivity index (χ4n) is 1.38. The maximum atomic E-state index is 13.2. The molecule has 0 aliphatic heterocycles. The highest BCUT2D eigenvalue weighted by Crippen LogP contribution is 2.40. The van der Waals surface area contributed by atoms with Gasteiger partial charge in [0.1, 0.15) is 6.04 Å². The molecule has 1 unspecified atom stereocenters. The molecule has 1 aliphatic carbocycles. The molecule has 0 aromatic carbocycles. The molecule has 1 saturated carbocycles. The molecule has 1 atom stereocenters. The summed E-state index contributed by atoms with van der Waals surface area (Å²) in [7, 11) is 1.14. The Morgan fingerprint density at radius 1 is 1.64 bits per heavy atom. The summed E-state index contributed by atoms with van der Waals surface area (Å²) in [6, 6.07) is -1.21. The Kier molecular flexibility index (Phi) is 3.42. The molecule has 0 heterocycles. The zero-order valence-corrected chi connectivity index (χ0v) is 8.13. The van der Waals surface area contributed by atoms with Crippen LogP contribution < -0.4 is 5.73 Å². The van der Waals surface area contributed by atoms with Crippen LogP contribution in [0.2, 0.25) is 0 Å². The number of rotatable bonds is 5. The summed E-state index contributed by atoms with van der Waals surface area (Å²) in [5.41, 5.74) is 5.26. The van der Waals surface area contributed by atoms with E-state index in [1.807, 2.05) is 0 Å². The van der Waals surface area contributed by atoms with Gasteiger partial charge in [0, 0.05) is 12.8 Å². The van der Waals surface area contributed by atoms with Crippen molar-refractivity contribution in [2.24, 2.45) is 11.7 Å². The molecule has 3 nitrogen and oxygen atoms in total. The monoisotopic (exact) mass is 207 g/mol. The second-order valence-electron chi connectivity index (χ2n) is 3.84. The van der Waals surface area contributed by atoms with Gasteiger partial charge in [0.05, 0.1) is 7.11 Å². The predicted octanol–water partition coefficient (Wildman–Crippen LogP) is 1.31. The van der Waals surface area contributed by atoms with Gasteiger partial charge in [-0.3, -0.25) is 4.79 Å². The van der Waals surface area contributed by atoms with E-state index in [4.69, 9.17) is 5.73 Å². The first-order valence-corrected chi connectivity index (χ1v) is 4.66. The van der Waals surface area contributed by atoms with Crippen LogP contribution in [0.3, 0.4) is 0 Å². The van der Waals surface area contributed by atoms with Gasteiger partial charge in [-0.2, -0.15) is 0 Å². The topological polar surface area (TPSA) is 52.3 Å². The van der Waals surface area contributed by atoms with Crippen LogP contribution in [0.5, 0.6) is 0 Å². The normalized spacial score (nSPS) is 19.1. The van der Waals surface area contributed by atoms with E-state index in [1.165, 1.54) is 0 Å². The molecule has 1 aliphatic rings. The van der Waals surface area contributed by atoms with Crippen LogP contribution in [0.4, 0.5) is 8.78 Å². The Hall–Kier alpha value is -0.710. The zero-order valence-electron chi connectivity index (χ0n) is 8.13. The fraction of sp³-hybridized carbons (Fsp3) is 0.889. The number of nitrogens with two attached hydrogens (primary N) is 1. The van der Waals surface area contributed by atoms with Crippen LogP contribution in [0.1, 0.15) is 25.7 Å². The molecule has 1 fully saturated rings. The van der Waals surface area contributed by atoms with E-state index in [2.05, 4.69) is 4.74 Å². The number of carbonyl (C=O) groups is 1. The van der Waals surface area contributed by atoms with Crippen molar-refractivity contribution < 1.29 is 18.3 Å². The van der Waals surface area contributed by atoms with Gasteiger partial charge in [0.25, 0.3) is 5.92 Å². The third-order valence-electron chi connectivity index (χ3n) is 2.31. The largest absolute Gasteiger partial charge is 0.468 e. The first-order valence-electron chi connectivity index (χ1n) is 4.66. The quantitative estimate of drug-likeness (QED) is 0.691. The fourth-order valence-corrected chi connectivity index (χ4v) is 1.38. The number of esters is 1. The highest BCUT2D eigenvalue weighted by Gasteiger charge is 2.39. The Morgan fingerprint density at radius 3 is 2.64 bits per heavy atom. The van der Waals surface area contributed by atoms with Gasteiger partial charge in [0.15, 0.2) is 0 Å². The number of hydrogen-bond acceptors (Lipinski definition) is 3. The summed E-state index contributed by atoms with van der Waals surface area (Å²) in [5, 5.41) is 0. The minimum Gasteiger partial charge on any atom is -0.468 e. The lowest BCUT2D eigenvalue weighted by Crippen LogP contribution is -2.37. The van der Waals surface area contributed by atoms with Gasteiger partial charge < -0.3 is 10.5 Å². The molecule has 0 aromatic heterocycles. The van der Waals surface area contributed by atoms with Crippen molar-refractivity contribution in [1.29, 1.82) is 0 Å². The second kappa shape index (κ2) is 4.21. The lowest BCUT2D eigenvalue weighted by Gasteiger charge is -2.18. The second-order valence-corrected chi connectivity index (χ2v) is 3.84. The maximum Gasteiger partial charge on any atom is 0.322 e. The summed E-state index contributed by atoms with van der Waals surface area (Å²) in [6.45, 7) is 0. The molecule has 14 heavy (non-hydrogen) atoms. The first-order chi connectivity index (χ1) is 6.44. The van der Waals surface area contributed by atoms with Crippen molar-refractivity contribution in [3.05, 3.63) is 0 Å². The molecule has 2 N–H and O–H groups in total. The number of methoxy groups -OCH3 is 1. The summed E-state index contributed by atoms with van der Waals surface area (Å²) in [6.07, 6.45) is 0.958. The number of alkyl halides is 2. The van der Waals surface area contributed by atoms with Gasteiger partial charge in [-0.05, 0) is 18.8 Å². The van der Waals surface area contributed by atoms with E-state index >= 15 is 0 Å². The molecular formula is C9H15F2NO2. The van der Waals surface area contributed by atoms with Crippen LogP contribution in [0, 0.1) is 5.92 Å². The van der Waals surface area contributed by atoms with Gasteiger partial charge in [-0.1, -0.05) is 0 Å². The van der Waals surface area contributed by atoms with Gasteiger partial charge in [-0.25, -0.2) is 8.78 Å². The molecule has 0 saturated heterocycles. The molecule has 0 radical (unpaired) electrons. The molecule has 0 spiro atoms. The molecule has 82 valence electrons. The van der Waals surface area contributed by atoms with E-state index < -0.39 is 24.4 Å². The molecule has 5 heteroatoms. The van der Waals surface area contributed by atoms with Crippen molar-refractivity contribution in [1.82, 2.24) is 0 Å². The van der Waals surface area contributed by atoms with Crippen LogP contribution >= 0.6 is 0 Å². The van der Waals surface area contributed by atoms with E-state index in [-0.39, 0.29) is 12.3 Å². The molecule has 1 rings (SSSR count). The Labute approximate surface area is 81.6 Å². The van der Waals surface area contributed by atoms with Crippen LogP contribution in [0.15, 0.2) is 0 Å². The summed E-state index contributed by atoms with van der Waals surface area (Å²) in [4.78, 5) is 10.8. The van der Waals surface area contributed by atoms with E-state index in [0.717, 1.165) is 20.0 Å². The SMILES string of the molecule is COC(=O)C(N)CC(F)(F)CC1CC1. The smallest absolute Gasteiger partial charge is 0.322 e. The van der Waals surface area contributed by atoms with Crippen molar-refractivity contribution in [3.8, 4) is 0 Å². The highest BCUT2D eigenvalue weighted by atomic mass is 19.3.